The molecule has 2 saturated heterocycles. The number of hydrogen-bond acceptors (Lipinski definition) is 2. The molecule has 1 N–H and O–H groups in total. The molecule has 0 saturated carbocycles. The Morgan fingerprint density at radius 2 is 2.25 bits per heavy atom. The van der Waals surface area contributed by atoms with Crippen molar-refractivity contribution < 1.29 is 9.59 Å². The summed E-state index contributed by atoms with van der Waals surface area (Å²) in [6, 6.07) is -0.287. The second kappa shape index (κ2) is 2.00. The number of carbonyl (C=O) groups excluding carboxylic acids is 2. The lowest BCUT2D eigenvalue weighted by Gasteiger charge is -2.27. The zero-order valence-electron chi connectivity index (χ0n) is 7.26. The highest BCUT2D eigenvalue weighted by atomic mass is 16.2. The van der Waals surface area contributed by atoms with Crippen molar-refractivity contribution in [2.24, 2.45) is 0 Å². The Morgan fingerprint density at radius 1 is 1.58 bits per heavy atom. The minimum Gasteiger partial charge on any atom is -0.332 e. The molecule has 2 fully saturated rings. The molecule has 2 aliphatic rings. The predicted octanol–water partition coefficient (Wildman–Crippen LogP) is -0.157. The van der Waals surface area contributed by atoms with Crippen molar-refractivity contribution >= 4 is 11.8 Å². The van der Waals surface area contributed by atoms with Gasteiger partial charge in [0.15, 0.2) is 0 Å². The fraction of sp³-hybridized carbons (Fsp3) is 0.750. The van der Waals surface area contributed by atoms with Crippen LogP contribution in [0.2, 0.25) is 0 Å². The molecule has 0 aromatic rings. The summed E-state index contributed by atoms with van der Waals surface area (Å²) in [5, 5.41) is 2.84. The van der Waals surface area contributed by atoms with Crippen molar-refractivity contribution in [2.45, 2.75) is 38.4 Å². The molecule has 66 valence electrons. The molecular weight excluding hydrogens is 156 g/mol. The summed E-state index contributed by atoms with van der Waals surface area (Å²) in [5.74, 6) is 0.0499. The largest absolute Gasteiger partial charge is 0.332 e. The smallest absolute Gasteiger partial charge is 0.244 e. The summed E-state index contributed by atoms with van der Waals surface area (Å²) >= 11 is 0. The van der Waals surface area contributed by atoms with Crippen molar-refractivity contribution in [1.82, 2.24) is 10.2 Å². The number of nitrogens with one attached hydrogen (secondary N) is 1. The van der Waals surface area contributed by atoms with Crippen LogP contribution in [0.4, 0.5) is 0 Å². The van der Waals surface area contributed by atoms with Gasteiger partial charge in [-0.1, -0.05) is 0 Å². The molecule has 2 atom stereocenters. The average molecular weight is 168 g/mol. The number of nitrogens with zero attached hydrogens (tertiary/aromatic N) is 1. The third-order valence-corrected chi connectivity index (χ3v) is 2.79. The van der Waals surface area contributed by atoms with Gasteiger partial charge in [0.25, 0.3) is 0 Å². The number of carbonyl (C=O) groups is 2. The third kappa shape index (κ3) is 0.722. The topological polar surface area (TPSA) is 49.4 Å². The minimum absolute atomic E-state index is 0.0365. The van der Waals surface area contributed by atoms with E-state index < -0.39 is 5.66 Å². The molecule has 2 aliphatic heterocycles. The highest BCUT2D eigenvalue weighted by molar-refractivity contribution is 5.93. The van der Waals surface area contributed by atoms with Crippen LogP contribution >= 0.6 is 0 Å². The van der Waals surface area contributed by atoms with E-state index in [0.717, 1.165) is 6.42 Å². The maximum Gasteiger partial charge on any atom is 0.244 e. The number of rotatable bonds is 0. The monoisotopic (exact) mass is 168 g/mol. The van der Waals surface area contributed by atoms with Gasteiger partial charge in [-0.2, -0.15) is 0 Å². The van der Waals surface area contributed by atoms with Gasteiger partial charge < -0.3 is 10.2 Å². The molecule has 1 unspecified atom stereocenters. The van der Waals surface area contributed by atoms with Crippen LogP contribution in [0.25, 0.3) is 0 Å². The molecule has 0 aliphatic carbocycles. The SMILES string of the molecule is C[C@@H]1C(=O)NC2(C)CCC(=O)N12. The molecule has 4 nitrogen and oxygen atoms in total. The van der Waals surface area contributed by atoms with Crippen LogP contribution in [0.1, 0.15) is 26.7 Å². The van der Waals surface area contributed by atoms with Crippen LogP contribution < -0.4 is 5.32 Å². The van der Waals surface area contributed by atoms with Crippen LogP contribution in [0, 0.1) is 0 Å². The van der Waals surface area contributed by atoms with E-state index >= 15 is 0 Å². The van der Waals surface area contributed by atoms with Crippen molar-refractivity contribution in [2.75, 3.05) is 0 Å². The first kappa shape index (κ1) is 7.58. The maximum atomic E-state index is 11.4. The highest BCUT2D eigenvalue weighted by Gasteiger charge is 2.52. The quantitative estimate of drug-likeness (QED) is 0.546. The fourth-order valence-corrected chi connectivity index (χ4v) is 2.12. The van der Waals surface area contributed by atoms with Crippen LogP contribution in [0.15, 0.2) is 0 Å². The lowest BCUT2D eigenvalue weighted by molar-refractivity contribution is -0.133. The van der Waals surface area contributed by atoms with E-state index in [4.69, 9.17) is 0 Å². The first-order chi connectivity index (χ1) is 5.54. The molecule has 2 amide bonds. The van der Waals surface area contributed by atoms with Gasteiger partial charge in [0.1, 0.15) is 11.7 Å². The first-order valence-corrected chi connectivity index (χ1v) is 4.19. The standard InChI is InChI=1S/C8H12N2O2/c1-5-7(12)9-8(2)4-3-6(11)10(5)8/h5H,3-4H2,1-2H3,(H,9,12)/t5-,8?/m1/s1. The molecule has 2 heterocycles. The fourth-order valence-electron chi connectivity index (χ4n) is 2.12. The molecular formula is C8H12N2O2. The molecule has 0 bridgehead atoms. The van der Waals surface area contributed by atoms with Gasteiger partial charge in [-0.25, -0.2) is 0 Å². The molecule has 0 aromatic carbocycles. The highest BCUT2D eigenvalue weighted by Crippen LogP contribution is 2.33. The van der Waals surface area contributed by atoms with Crippen molar-refractivity contribution in [3.05, 3.63) is 0 Å². The van der Waals surface area contributed by atoms with E-state index in [9.17, 15) is 9.59 Å². The third-order valence-electron chi connectivity index (χ3n) is 2.79. The van der Waals surface area contributed by atoms with Crippen molar-refractivity contribution in [3.8, 4) is 0 Å². The molecule has 12 heavy (non-hydrogen) atoms. The van der Waals surface area contributed by atoms with Gasteiger partial charge >= 0.3 is 0 Å². The zero-order valence-corrected chi connectivity index (χ0v) is 7.26. The van der Waals surface area contributed by atoms with Gasteiger partial charge in [-0.05, 0) is 20.3 Å². The molecule has 0 spiro atoms. The second-order valence-corrected chi connectivity index (χ2v) is 3.70. The first-order valence-electron chi connectivity index (χ1n) is 4.19. The van der Waals surface area contributed by atoms with E-state index in [-0.39, 0.29) is 17.9 Å². The van der Waals surface area contributed by atoms with Crippen molar-refractivity contribution in [1.29, 1.82) is 0 Å². The minimum atomic E-state index is -0.395. The number of amides is 2. The van der Waals surface area contributed by atoms with E-state index in [0.29, 0.717) is 6.42 Å². The molecule has 4 heteroatoms. The molecule has 0 aromatic heterocycles. The van der Waals surface area contributed by atoms with Crippen molar-refractivity contribution in [3.63, 3.8) is 0 Å². The summed E-state index contributed by atoms with van der Waals surface area (Å²) in [6.07, 6.45) is 1.29. The number of fused-ring (bicyclic) bond motifs is 1. The Balaban J connectivity index is 2.37. The van der Waals surface area contributed by atoms with E-state index in [1.807, 2.05) is 6.92 Å². The molecule has 0 radical (unpaired) electrons. The Bertz CT molecular complexity index is 264. The summed E-state index contributed by atoms with van der Waals surface area (Å²) < 4.78 is 0. The Hall–Kier alpha value is -1.06. The van der Waals surface area contributed by atoms with Gasteiger partial charge in [-0.15, -0.1) is 0 Å². The molecule has 2 rings (SSSR count). The van der Waals surface area contributed by atoms with Crippen LogP contribution in [0.3, 0.4) is 0 Å². The summed E-state index contributed by atoms with van der Waals surface area (Å²) in [5.41, 5.74) is -0.395. The van der Waals surface area contributed by atoms with Gasteiger partial charge in [0.05, 0.1) is 0 Å². The number of hydrogen-bond donors (Lipinski definition) is 1. The van der Waals surface area contributed by atoms with Gasteiger partial charge in [0.2, 0.25) is 11.8 Å². The summed E-state index contributed by atoms with van der Waals surface area (Å²) in [4.78, 5) is 24.2. The summed E-state index contributed by atoms with van der Waals surface area (Å²) in [6.45, 7) is 3.67. The van der Waals surface area contributed by atoms with E-state index in [2.05, 4.69) is 5.32 Å². The van der Waals surface area contributed by atoms with Crippen LogP contribution in [0.5, 0.6) is 0 Å². The summed E-state index contributed by atoms with van der Waals surface area (Å²) in [7, 11) is 0. The Kier molecular flexibility index (Phi) is 1.26. The van der Waals surface area contributed by atoms with E-state index in [1.54, 1.807) is 11.8 Å². The van der Waals surface area contributed by atoms with Crippen LogP contribution in [-0.4, -0.2) is 28.4 Å². The second-order valence-electron chi connectivity index (χ2n) is 3.70. The Labute approximate surface area is 70.9 Å². The van der Waals surface area contributed by atoms with Gasteiger partial charge in [0, 0.05) is 6.42 Å². The predicted molar refractivity (Wildman–Crippen MR) is 42.1 cm³/mol. The zero-order chi connectivity index (χ0) is 8.93. The van der Waals surface area contributed by atoms with Gasteiger partial charge in [-0.3, -0.25) is 9.59 Å². The lowest BCUT2D eigenvalue weighted by Crippen LogP contribution is -2.46. The normalized spacial score (nSPS) is 40.2. The maximum absolute atomic E-state index is 11.4. The lowest BCUT2D eigenvalue weighted by atomic mass is 10.1. The Morgan fingerprint density at radius 3 is 2.83 bits per heavy atom. The van der Waals surface area contributed by atoms with Crippen LogP contribution in [-0.2, 0) is 9.59 Å². The average Bonchev–Trinajstić information content (AvgIpc) is 2.36. The van der Waals surface area contributed by atoms with E-state index in [1.165, 1.54) is 0 Å².